The van der Waals surface area contributed by atoms with Crippen molar-refractivity contribution in [3.8, 4) is 0 Å². The number of nitrogens with zero attached hydrogens (tertiary/aromatic N) is 3. The van der Waals surface area contributed by atoms with Gasteiger partial charge in [0.15, 0.2) is 0 Å². The summed E-state index contributed by atoms with van der Waals surface area (Å²) in [7, 11) is 0. The van der Waals surface area contributed by atoms with Gasteiger partial charge in [-0.05, 0) is 29.7 Å². The fraction of sp³-hybridized carbons (Fsp3) is 0.273. The molecule has 29 heavy (non-hydrogen) atoms. The summed E-state index contributed by atoms with van der Waals surface area (Å²) < 4.78 is 5.61. The molecule has 2 aromatic carbocycles. The van der Waals surface area contributed by atoms with Gasteiger partial charge in [0.25, 0.3) is 0 Å². The molecule has 1 N–H and O–H groups in total. The van der Waals surface area contributed by atoms with E-state index in [4.69, 9.17) is 4.42 Å². The quantitative estimate of drug-likeness (QED) is 0.697. The van der Waals surface area contributed by atoms with Crippen LogP contribution in [0.2, 0.25) is 0 Å². The summed E-state index contributed by atoms with van der Waals surface area (Å²) >= 11 is 0. The molecule has 1 aliphatic heterocycles. The van der Waals surface area contributed by atoms with Crippen molar-refractivity contribution in [1.29, 1.82) is 0 Å². The summed E-state index contributed by atoms with van der Waals surface area (Å²) in [5.41, 5.74) is 2.99. The van der Waals surface area contributed by atoms with E-state index in [1.807, 2.05) is 54.6 Å². The van der Waals surface area contributed by atoms with Gasteiger partial charge in [0.05, 0.1) is 12.3 Å². The van der Waals surface area contributed by atoms with Gasteiger partial charge in [-0.25, -0.2) is 0 Å². The van der Waals surface area contributed by atoms with Gasteiger partial charge in [-0.15, -0.1) is 5.10 Å². The number of carbonyl (C=O) groups is 2. The number of hydrogen-bond acceptors (Lipinski definition) is 5. The maximum absolute atomic E-state index is 12.4. The van der Waals surface area contributed by atoms with Crippen molar-refractivity contribution >= 4 is 23.5 Å². The predicted molar refractivity (Wildman–Crippen MR) is 109 cm³/mol. The molecular formula is C22H22N4O3. The van der Waals surface area contributed by atoms with Gasteiger partial charge in [0.2, 0.25) is 17.7 Å². The molecule has 1 aromatic heterocycles. The van der Waals surface area contributed by atoms with Gasteiger partial charge in [0, 0.05) is 18.7 Å². The van der Waals surface area contributed by atoms with Gasteiger partial charge >= 0.3 is 6.01 Å². The fourth-order valence-electron chi connectivity index (χ4n) is 3.42. The summed E-state index contributed by atoms with van der Waals surface area (Å²) in [6.45, 7) is 2.56. The molecule has 1 unspecified atom stereocenters. The Balaban J connectivity index is 1.37. The van der Waals surface area contributed by atoms with Gasteiger partial charge in [-0.3, -0.25) is 14.9 Å². The molecule has 4 rings (SSSR count). The summed E-state index contributed by atoms with van der Waals surface area (Å²) in [5.74, 6) is -0.0415. The summed E-state index contributed by atoms with van der Waals surface area (Å²) in [4.78, 5) is 26.3. The minimum absolute atomic E-state index is 0.0144. The van der Waals surface area contributed by atoms with Crippen LogP contribution in [0, 0.1) is 0 Å². The van der Waals surface area contributed by atoms with Crippen molar-refractivity contribution in [2.24, 2.45) is 0 Å². The average molecular weight is 390 g/mol. The van der Waals surface area contributed by atoms with E-state index >= 15 is 0 Å². The van der Waals surface area contributed by atoms with Crippen LogP contribution < -0.4 is 10.2 Å². The van der Waals surface area contributed by atoms with E-state index in [0.29, 0.717) is 18.9 Å². The van der Waals surface area contributed by atoms with Crippen LogP contribution in [0.25, 0.3) is 0 Å². The number of nitrogens with one attached hydrogen (secondary N) is 1. The smallest absolute Gasteiger partial charge is 0.322 e. The highest BCUT2D eigenvalue weighted by Crippen LogP contribution is 2.31. The van der Waals surface area contributed by atoms with Crippen molar-refractivity contribution < 1.29 is 14.0 Å². The maximum Gasteiger partial charge on any atom is 0.322 e. The highest BCUT2D eigenvalue weighted by atomic mass is 16.4. The van der Waals surface area contributed by atoms with Crippen LogP contribution in [0.1, 0.15) is 36.3 Å². The van der Waals surface area contributed by atoms with Crippen molar-refractivity contribution in [2.45, 2.75) is 32.1 Å². The van der Waals surface area contributed by atoms with E-state index in [9.17, 15) is 9.59 Å². The van der Waals surface area contributed by atoms with E-state index in [-0.39, 0.29) is 30.2 Å². The molecule has 0 aliphatic carbocycles. The lowest BCUT2D eigenvalue weighted by atomic mass is 10.1. The second-order valence-electron chi connectivity index (χ2n) is 7.08. The molecular weight excluding hydrogens is 368 g/mol. The second kappa shape index (κ2) is 8.26. The largest absolute Gasteiger partial charge is 0.407 e. The topological polar surface area (TPSA) is 88.3 Å². The zero-order chi connectivity index (χ0) is 20.2. The Labute approximate surface area is 168 Å². The first-order valence-corrected chi connectivity index (χ1v) is 9.69. The SMILES string of the molecule is CCc1ccc(CC(=O)Nc2nnc(C3CC(=O)N(c4ccccc4)C3)o2)cc1. The molecule has 0 radical (unpaired) electrons. The minimum atomic E-state index is -0.224. The molecule has 0 spiro atoms. The van der Waals surface area contributed by atoms with Crippen LogP contribution in [-0.4, -0.2) is 28.6 Å². The fourth-order valence-corrected chi connectivity index (χ4v) is 3.42. The Hall–Kier alpha value is -3.48. The Kier molecular flexibility index (Phi) is 5.37. The highest BCUT2D eigenvalue weighted by Gasteiger charge is 2.35. The number of para-hydroxylation sites is 1. The number of anilines is 2. The highest BCUT2D eigenvalue weighted by molar-refractivity contribution is 5.96. The van der Waals surface area contributed by atoms with E-state index in [1.54, 1.807) is 4.90 Å². The number of hydrogen-bond donors (Lipinski definition) is 1. The number of amides is 2. The van der Waals surface area contributed by atoms with Crippen molar-refractivity contribution in [3.05, 3.63) is 71.6 Å². The van der Waals surface area contributed by atoms with E-state index in [0.717, 1.165) is 17.7 Å². The van der Waals surface area contributed by atoms with E-state index in [2.05, 4.69) is 22.4 Å². The first-order chi connectivity index (χ1) is 14.1. The van der Waals surface area contributed by atoms with Crippen LogP contribution in [0.4, 0.5) is 11.7 Å². The number of aryl methyl sites for hydroxylation is 1. The van der Waals surface area contributed by atoms with Crippen LogP contribution in [0.15, 0.2) is 59.0 Å². The zero-order valence-corrected chi connectivity index (χ0v) is 16.2. The van der Waals surface area contributed by atoms with Crippen molar-refractivity contribution in [2.75, 3.05) is 16.8 Å². The summed E-state index contributed by atoms with van der Waals surface area (Å²) in [5, 5.41) is 10.6. The molecule has 2 amide bonds. The maximum atomic E-state index is 12.4. The molecule has 1 fully saturated rings. The van der Waals surface area contributed by atoms with Gasteiger partial charge in [-0.2, -0.15) is 0 Å². The Morgan fingerprint density at radius 3 is 2.55 bits per heavy atom. The molecule has 1 saturated heterocycles. The average Bonchev–Trinajstić information content (AvgIpc) is 3.35. The molecule has 7 nitrogen and oxygen atoms in total. The molecule has 0 saturated carbocycles. The number of rotatable bonds is 6. The normalized spacial score (nSPS) is 16.2. The molecule has 3 aromatic rings. The predicted octanol–water partition coefficient (Wildman–Crippen LogP) is 3.33. The van der Waals surface area contributed by atoms with Crippen LogP contribution in [-0.2, 0) is 22.4 Å². The summed E-state index contributed by atoms with van der Waals surface area (Å²) in [6, 6.07) is 17.5. The first kappa shape index (κ1) is 18.9. The van der Waals surface area contributed by atoms with Gasteiger partial charge in [0.1, 0.15) is 0 Å². The Bertz CT molecular complexity index is 998. The first-order valence-electron chi connectivity index (χ1n) is 9.69. The zero-order valence-electron chi connectivity index (χ0n) is 16.2. The number of benzene rings is 2. The Morgan fingerprint density at radius 2 is 1.83 bits per heavy atom. The van der Waals surface area contributed by atoms with Gasteiger partial charge < -0.3 is 9.32 Å². The molecule has 1 aliphatic rings. The lowest BCUT2D eigenvalue weighted by Crippen LogP contribution is -2.24. The third kappa shape index (κ3) is 4.34. The van der Waals surface area contributed by atoms with Crippen LogP contribution >= 0.6 is 0 Å². The molecule has 2 heterocycles. The van der Waals surface area contributed by atoms with E-state index in [1.165, 1.54) is 5.56 Å². The lowest BCUT2D eigenvalue weighted by molar-refractivity contribution is -0.117. The molecule has 7 heteroatoms. The summed E-state index contributed by atoms with van der Waals surface area (Å²) in [6.07, 6.45) is 1.49. The molecule has 0 bridgehead atoms. The number of carbonyl (C=O) groups excluding carboxylic acids is 2. The molecule has 1 atom stereocenters. The monoisotopic (exact) mass is 390 g/mol. The van der Waals surface area contributed by atoms with Crippen molar-refractivity contribution in [3.63, 3.8) is 0 Å². The Morgan fingerprint density at radius 1 is 1.10 bits per heavy atom. The number of aromatic nitrogens is 2. The third-order valence-electron chi connectivity index (χ3n) is 5.03. The van der Waals surface area contributed by atoms with Crippen LogP contribution in [0.3, 0.4) is 0 Å². The van der Waals surface area contributed by atoms with Crippen LogP contribution in [0.5, 0.6) is 0 Å². The second-order valence-corrected chi connectivity index (χ2v) is 7.08. The molecule has 148 valence electrons. The van der Waals surface area contributed by atoms with Gasteiger partial charge in [-0.1, -0.05) is 54.5 Å². The lowest BCUT2D eigenvalue weighted by Gasteiger charge is -2.15. The van der Waals surface area contributed by atoms with Crippen molar-refractivity contribution in [1.82, 2.24) is 10.2 Å². The standard InChI is InChI=1S/C22H22N4O3/c1-2-15-8-10-16(11-9-15)12-19(27)23-22-25-24-21(29-22)17-13-20(28)26(14-17)18-6-4-3-5-7-18/h3-11,17H,2,12-14H2,1H3,(H,23,25,27). The minimum Gasteiger partial charge on any atom is -0.407 e. The third-order valence-corrected chi connectivity index (χ3v) is 5.03. The van der Waals surface area contributed by atoms with E-state index < -0.39 is 0 Å².